The van der Waals surface area contributed by atoms with E-state index >= 15 is 0 Å². The molecule has 0 aromatic rings. The van der Waals surface area contributed by atoms with Gasteiger partial charge in [-0.05, 0) is 25.1 Å². The molecule has 1 aliphatic rings. The van der Waals surface area contributed by atoms with Crippen LogP contribution < -0.4 is 5.73 Å². The van der Waals surface area contributed by atoms with Gasteiger partial charge in [0.2, 0.25) is 0 Å². The van der Waals surface area contributed by atoms with E-state index in [1.165, 1.54) is 0 Å². The summed E-state index contributed by atoms with van der Waals surface area (Å²) in [6.07, 6.45) is 1.43. The molecule has 0 bridgehead atoms. The van der Waals surface area contributed by atoms with E-state index in [9.17, 15) is 0 Å². The Hall–Kier alpha value is -0.350. The van der Waals surface area contributed by atoms with Gasteiger partial charge in [-0.3, -0.25) is 0 Å². The van der Waals surface area contributed by atoms with Gasteiger partial charge in [0, 0.05) is 13.1 Å². The van der Waals surface area contributed by atoms with Crippen molar-refractivity contribution in [2.24, 2.45) is 5.73 Å². The summed E-state index contributed by atoms with van der Waals surface area (Å²) in [5, 5.41) is 9.55. The number of rotatable bonds is 0. The predicted octanol–water partition coefficient (Wildman–Crippen LogP) is -0.313. The van der Waals surface area contributed by atoms with E-state index in [1.807, 2.05) is 4.90 Å². The molecule has 0 atom stereocenters. The summed E-state index contributed by atoms with van der Waals surface area (Å²) in [7, 11) is 0. The zero-order valence-corrected chi connectivity index (χ0v) is 6.60. The lowest BCUT2D eigenvalue weighted by Crippen LogP contribution is -2.42. The number of nitrogens with zero attached hydrogens (tertiary/aromatic N) is 1. The molecule has 3 N–H and O–H groups in total. The fourth-order valence-corrected chi connectivity index (χ4v) is 1.27. The zero-order chi connectivity index (χ0) is 7.56. The average molecular weight is 160 g/mol. The van der Waals surface area contributed by atoms with Crippen molar-refractivity contribution in [2.45, 2.75) is 18.9 Å². The van der Waals surface area contributed by atoms with E-state index in [-0.39, 0.29) is 6.10 Å². The minimum Gasteiger partial charge on any atom is -0.393 e. The molecule has 58 valence electrons. The van der Waals surface area contributed by atoms with E-state index < -0.39 is 0 Å². The Morgan fingerprint density at radius 3 is 2.40 bits per heavy atom. The van der Waals surface area contributed by atoms with Crippen LogP contribution in [0.4, 0.5) is 0 Å². The Morgan fingerprint density at radius 2 is 2.00 bits per heavy atom. The molecule has 4 heteroatoms. The third-order valence-electron chi connectivity index (χ3n) is 1.78. The van der Waals surface area contributed by atoms with Gasteiger partial charge >= 0.3 is 0 Å². The molecule has 1 heterocycles. The van der Waals surface area contributed by atoms with Crippen LogP contribution in [0.15, 0.2) is 0 Å². The summed E-state index contributed by atoms with van der Waals surface area (Å²) in [6, 6.07) is 0. The molecule has 0 aromatic heterocycles. The van der Waals surface area contributed by atoms with E-state index in [2.05, 4.69) is 0 Å². The van der Waals surface area contributed by atoms with Crippen molar-refractivity contribution in [3.63, 3.8) is 0 Å². The molecule has 0 radical (unpaired) electrons. The first-order valence-corrected chi connectivity index (χ1v) is 3.83. The minimum absolute atomic E-state index is 0.148. The number of likely N-dealkylation sites (tertiary alicyclic amines) is 1. The highest BCUT2D eigenvalue weighted by atomic mass is 32.1. The topological polar surface area (TPSA) is 49.5 Å². The second kappa shape index (κ2) is 3.16. The summed E-state index contributed by atoms with van der Waals surface area (Å²) >= 11 is 4.78. The molecule has 0 amide bonds. The lowest BCUT2D eigenvalue weighted by Gasteiger charge is -2.29. The molecule has 1 rings (SSSR count). The van der Waals surface area contributed by atoms with E-state index in [1.54, 1.807) is 0 Å². The molecule has 10 heavy (non-hydrogen) atoms. The van der Waals surface area contributed by atoms with Gasteiger partial charge in [0.05, 0.1) is 6.10 Å². The van der Waals surface area contributed by atoms with Crippen LogP contribution in [-0.2, 0) is 0 Å². The van der Waals surface area contributed by atoms with Crippen LogP contribution in [0, 0.1) is 0 Å². The maximum absolute atomic E-state index is 9.10. The van der Waals surface area contributed by atoms with Crippen molar-refractivity contribution in [2.75, 3.05) is 13.1 Å². The van der Waals surface area contributed by atoms with E-state index in [4.69, 9.17) is 23.1 Å². The largest absolute Gasteiger partial charge is 0.393 e. The molecule has 0 saturated carbocycles. The fourth-order valence-electron chi connectivity index (χ4n) is 1.09. The number of hydrogen-bond donors (Lipinski definition) is 2. The van der Waals surface area contributed by atoms with Crippen molar-refractivity contribution >= 4 is 17.3 Å². The smallest absolute Gasteiger partial charge is 0.166 e. The maximum Gasteiger partial charge on any atom is 0.166 e. The van der Waals surface area contributed by atoms with Crippen LogP contribution in [0.25, 0.3) is 0 Å². The van der Waals surface area contributed by atoms with Crippen LogP contribution in [0.2, 0.25) is 0 Å². The minimum atomic E-state index is -0.148. The number of hydrogen-bond acceptors (Lipinski definition) is 2. The van der Waals surface area contributed by atoms with Gasteiger partial charge in [-0.25, -0.2) is 0 Å². The highest BCUT2D eigenvalue weighted by Gasteiger charge is 2.16. The van der Waals surface area contributed by atoms with Gasteiger partial charge in [-0.2, -0.15) is 0 Å². The summed E-state index contributed by atoms with van der Waals surface area (Å²) in [4.78, 5) is 1.92. The molecule has 3 nitrogen and oxygen atoms in total. The quantitative estimate of drug-likeness (QED) is 0.477. The monoisotopic (exact) mass is 160 g/mol. The Bertz CT molecular complexity index is 132. The van der Waals surface area contributed by atoms with Crippen LogP contribution in [0.5, 0.6) is 0 Å². The second-order valence-electron chi connectivity index (χ2n) is 2.56. The third kappa shape index (κ3) is 1.82. The molecule has 1 saturated heterocycles. The van der Waals surface area contributed by atoms with Crippen LogP contribution >= 0.6 is 12.2 Å². The van der Waals surface area contributed by atoms with E-state index in [0.717, 1.165) is 25.9 Å². The number of piperidine rings is 1. The Balaban J connectivity index is 2.33. The standard InChI is InChI=1S/C6H12N2OS/c7-6(10)8-3-1-5(9)2-4-8/h5,9H,1-4H2,(H2,7,10). The third-order valence-corrected chi connectivity index (χ3v) is 2.03. The normalized spacial score (nSPS) is 21.1. The van der Waals surface area contributed by atoms with Crippen molar-refractivity contribution in [1.29, 1.82) is 0 Å². The summed E-state index contributed by atoms with van der Waals surface area (Å²) in [5.41, 5.74) is 5.39. The van der Waals surface area contributed by atoms with Crippen LogP contribution in [-0.4, -0.2) is 34.3 Å². The van der Waals surface area contributed by atoms with Gasteiger partial charge < -0.3 is 15.7 Å². The maximum atomic E-state index is 9.10. The van der Waals surface area contributed by atoms with Crippen molar-refractivity contribution in [1.82, 2.24) is 4.90 Å². The lowest BCUT2D eigenvalue weighted by molar-refractivity contribution is 0.109. The molecule has 1 fully saturated rings. The highest BCUT2D eigenvalue weighted by Crippen LogP contribution is 2.08. The van der Waals surface area contributed by atoms with Crippen LogP contribution in [0.1, 0.15) is 12.8 Å². The van der Waals surface area contributed by atoms with Gasteiger partial charge in [-0.15, -0.1) is 0 Å². The van der Waals surface area contributed by atoms with Gasteiger partial charge in [0.1, 0.15) is 0 Å². The zero-order valence-electron chi connectivity index (χ0n) is 5.79. The summed E-state index contributed by atoms with van der Waals surface area (Å²) < 4.78 is 0. The van der Waals surface area contributed by atoms with Crippen molar-refractivity contribution in [3.05, 3.63) is 0 Å². The molecular weight excluding hydrogens is 148 g/mol. The second-order valence-corrected chi connectivity index (χ2v) is 2.97. The molecular formula is C6H12N2OS. The Labute approximate surface area is 65.8 Å². The molecule has 0 aromatic carbocycles. The lowest BCUT2D eigenvalue weighted by atomic mass is 10.1. The van der Waals surface area contributed by atoms with Crippen LogP contribution in [0.3, 0.4) is 0 Å². The molecule has 0 spiro atoms. The molecule has 0 aliphatic carbocycles. The average Bonchev–Trinajstić information content (AvgIpc) is 1.88. The Morgan fingerprint density at radius 1 is 1.50 bits per heavy atom. The molecule has 0 unspecified atom stereocenters. The van der Waals surface area contributed by atoms with Gasteiger partial charge in [-0.1, -0.05) is 0 Å². The number of aliphatic hydroxyl groups is 1. The van der Waals surface area contributed by atoms with Gasteiger partial charge in [0.15, 0.2) is 5.11 Å². The van der Waals surface area contributed by atoms with Gasteiger partial charge in [0.25, 0.3) is 0 Å². The van der Waals surface area contributed by atoms with Crippen molar-refractivity contribution < 1.29 is 5.11 Å². The number of aliphatic hydroxyl groups excluding tert-OH is 1. The number of thiocarbonyl (C=S) groups is 1. The first kappa shape index (κ1) is 7.75. The van der Waals surface area contributed by atoms with Crippen molar-refractivity contribution in [3.8, 4) is 0 Å². The molecule has 1 aliphatic heterocycles. The predicted molar refractivity (Wildman–Crippen MR) is 43.6 cm³/mol. The highest BCUT2D eigenvalue weighted by molar-refractivity contribution is 7.80. The first-order valence-electron chi connectivity index (χ1n) is 3.42. The summed E-state index contributed by atoms with van der Waals surface area (Å²) in [6.45, 7) is 1.60. The first-order chi connectivity index (χ1) is 4.70. The number of nitrogens with two attached hydrogens (primary N) is 1. The Kier molecular flexibility index (Phi) is 2.45. The fraction of sp³-hybridized carbons (Fsp3) is 0.833. The SMILES string of the molecule is NC(=S)N1CCC(O)CC1. The van der Waals surface area contributed by atoms with E-state index in [0.29, 0.717) is 5.11 Å². The summed E-state index contributed by atoms with van der Waals surface area (Å²) in [5.74, 6) is 0.